The van der Waals surface area contributed by atoms with Crippen LogP contribution in [0, 0.1) is 11.3 Å². The van der Waals surface area contributed by atoms with Gasteiger partial charge in [-0.25, -0.2) is 4.98 Å². The van der Waals surface area contributed by atoms with E-state index in [1.807, 2.05) is 12.1 Å². The molecule has 0 radical (unpaired) electrons. The molecular formula is C14H22N4O. The molecule has 1 aromatic rings. The number of amidine groups is 1. The van der Waals surface area contributed by atoms with Gasteiger partial charge in [-0.3, -0.25) is 0 Å². The van der Waals surface area contributed by atoms with Gasteiger partial charge in [0.15, 0.2) is 5.84 Å². The van der Waals surface area contributed by atoms with Crippen molar-refractivity contribution in [1.82, 2.24) is 4.98 Å². The lowest BCUT2D eigenvalue weighted by Crippen LogP contribution is -2.26. The first-order valence-electron chi connectivity index (χ1n) is 6.60. The number of hydrogen-bond donors (Lipinski definition) is 2. The minimum Gasteiger partial charge on any atom is -0.409 e. The molecule has 0 spiro atoms. The summed E-state index contributed by atoms with van der Waals surface area (Å²) >= 11 is 0. The average Bonchev–Trinajstić information content (AvgIpc) is 2.87. The van der Waals surface area contributed by atoms with Gasteiger partial charge in [-0.2, -0.15) is 0 Å². The predicted octanol–water partition coefficient (Wildman–Crippen LogP) is 2.05. The zero-order valence-corrected chi connectivity index (χ0v) is 11.8. The molecule has 5 nitrogen and oxygen atoms in total. The van der Waals surface area contributed by atoms with Gasteiger partial charge in [0.25, 0.3) is 0 Å². The van der Waals surface area contributed by atoms with E-state index in [0.29, 0.717) is 16.9 Å². The van der Waals surface area contributed by atoms with E-state index < -0.39 is 0 Å². The molecule has 2 rings (SSSR count). The maximum atomic E-state index is 8.62. The van der Waals surface area contributed by atoms with Crippen molar-refractivity contribution in [3.63, 3.8) is 0 Å². The van der Waals surface area contributed by atoms with Crippen molar-refractivity contribution in [2.75, 3.05) is 18.0 Å². The first kappa shape index (κ1) is 13.6. The Kier molecular flexibility index (Phi) is 3.64. The second kappa shape index (κ2) is 5.07. The van der Waals surface area contributed by atoms with E-state index in [1.165, 1.54) is 6.42 Å². The van der Waals surface area contributed by atoms with Crippen molar-refractivity contribution in [3.05, 3.63) is 23.9 Å². The molecule has 0 bridgehead atoms. The summed E-state index contributed by atoms with van der Waals surface area (Å²) in [5, 5.41) is 11.6. The Hall–Kier alpha value is -1.78. The summed E-state index contributed by atoms with van der Waals surface area (Å²) in [6.07, 6.45) is 2.85. The molecule has 0 amide bonds. The maximum absolute atomic E-state index is 8.62. The Labute approximate surface area is 114 Å². The normalized spacial score (nSPS) is 20.9. The highest BCUT2D eigenvalue weighted by molar-refractivity contribution is 5.96. The van der Waals surface area contributed by atoms with Crippen molar-refractivity contribution in [3.8, 4) is 0 Å². The molecule has 1 atom stereocenters. The van der Waals surface area contributed by atoms with Crippen LogP contribution in [0.3, 0.4) is 0 Å². The summed E-state index contributed by atoms with van der Waals surface area (Å²) in [5.41, 5.74) is 6.50. The van der Waals surface area contributed by atoms with Gasteiger partial charge in [0, 0.05) is 24.8 Å². The van der Waals surface area contributed by atoms with Crippen LogP contribution in [0.4, 0.5) is 5.82 Å². The fourth-order valence-electron chi connectivity index (χ4n) is 2.46. The van der Waals surface area contributed by atoms with Crippen molar-refractivity contribution >= 4 is 11.7 Å². The highest BCUT2D eigenvalue weighted by atomic mass is 16.4. The van der Waals surface area contributed by atoms with E-state index in [9.17, 15) is 0 Å². The quantitative estimate of drug-likeness (QED) is 0.370. The van der Waals surface area contributed by atoms with E-state index in [4.69, 9.17) is 10.9 Å². The number of nitrogens with zero attached hydrogens (tertiary/aromatic N) is 3. The summed E-state index contributed by atoms with van der Waals surface area (Å²) in [6, 6.07) is 3.76. The van der Waals surface area contributed by atoms with Crippen molar-refractivity contribution in [2.24, 2.45) is 22.2 Å². The van der Waals surface area contributed by atoms with Crippen molar-refractivity contribution in [1.29, 1.82) is 0 Å². The van der Waals surface area contributed by atoms with Crippen LogP contribution in [0.15, 0.2) is 23.5 Å². The molecule has 1 saturated heterocycles. The van der Waals surface area contributed by atoms with Crippen LogP contribution in [0.2, 0.25) is 0 Å². The molecule has 2 heterocycles. The van der Waals surface area contributed by atoms with Gasteiger partial charge in [-0.15, -0.1) is 0 Å². The summed E-state index contributed by atoms with van der Waals surface area (Å²) in [4.78, 5) is 6.70. The number of rotatable bonds is 2. The monoisotopic (exact) mass is 262 g/mol. The third kappa shape index (κ3) is 2.97. The zero-order chi connectivity index (χ0) is 14.0. The molecule has 1 unspecified atom stereocenters. The molecule has 0 saturated carbocycles. The molecule has 3 N–H and O–H groups in total. The van der Waals surface area contributed by atoms with Gasteiger partial charge in [-0.05, 0) is 29.9 Å². The molecule has 5 heteroatoms. The van der Waals surface area contributed by atoms with Crippen LogP contribution in [0.5, 0.6) is 0 Å². The molecule has 1 aliphatic rings. The van der Waals surface area contributed by atoms with Crippen LogP contribution in [0.1, 0.15) is 32.8 Å². The SMILES string of the molecule is CC(C)(C)C1CCN(c2ccc(/C(N)=N/O)cn2)C1. The number of anilines is 1. The van der Waals surface area contributed by atoms with Crippen LogP contribution >= 0.6 is 0 Å². The molecule has 19 heavy (non-hydrogen) atoms. The molecular weight excluding hydrogens is 240 g/mol. The number of nitrogens with two attached hydrogens (primary N) is 1. The number of aromatic nitrogens is 1. The smallest absolute Gasteiger partial charge is 0.171 e. The minimum atomic E-state index is 0.0908. The molecule has 1 aliphatic heterocycles. The van der Waals surface area contributed by atoms with Crippen LogP contribution in [-0.4, -0.2) is 29.1 Å². The molecule has 104 valence electrons. The predicted molar refractivity (Wildman–Crippen MR) is 76.5 cm³/mol. The standard InChI is InChI=1S/C14H22N4O/c1-14(2,3)11-6-7-18(9-11)12-5-4-10(8-16-12)13(15)17-19/h4-5,8,11,19H,6-7,9H2,1-3H3,(H2,15,17). The van der Waals surface area contributed by atoms with Crippen molar-refractivity contribution < 1.29 is 5.21 Å². The van der Waals surface area contributed by atoms with Gasteiger partial charge in [0.1, 0.15) is 5.82 Å². The lowest BCUT2D eigenvalue weighted by Gasteiger charge is -2.27. The van der Waals surface area contributed by atoms with E-state index in [2.05, 4.69) is 35.8 Å². The Morgan fingerprint density at radius 3 is 2.68 bits per heavy atom. The average molecular weight is 262 g/mol. The second-order valence-electron chi connectivity index (χ2n) is 6.19. The second-order valence-corrected chi connectivity index (χ2v) is 6.19. The maximum Gasteiger partial charge on any atom is 0.171 e. The Morgan fingerprint density at radius 1 is 1.47 bits per heavy atom. The van der Waals surface area contributed by atoms with Crippen LogP contribution in [-0.2, 0) is 0 Å². The summed E-state index contributed by atoms with van der Waals surface area (Å²) in [7, 11) is 0. The lowest BCUT2D eigenvalue weighted by atomic mass is 9.80. The lowest BCUT2D eigenvalue weighted by molar-refractivity contribution is 0.263. The fourth-order valence-corrected chi connectivity index (χ4v) is 2.46. The zero-order valence-electron chi connectivity index (χ0n) is 11.8. The Bertz CT molecular complexity index is 461. The Balaban J connectivity index is 2.08. The molecule has 0 aliphatic carbocycles. The third-order valence-corrected chi connectivity index (χ3v) is 3.89. The van der Waals surface area contributed by atoms with Gasteiger partial charge >= 0.3 is 0 Å². The van der Waals surface area contributed by atoms with Gasteiger partial charge < -0.3 is 15.8 Å². The summed E-state index contributed by atoms with van der Waals surface area (Å²) in [5.74, 6) is 1.74. The summed E-state index contributed by atoms with van der Waals surface area (Å²) in [6.45, 7) is 8.94. The fraction of sp³-hybridized carbons (Fsp3) is 0.571. The van der Waals surface area contributed by atoms with Crippen molar-refractivity contribution in [2.45, 2.75) is 27.2 Å². The van der Waals surface area contributed by atoms with E-state index in [1.54, 1.807) is 6.20 Å². The number of oxime groups is 1. The van der Waals surface area contributed by atoms with E-state index in [-0.39, 0.29) is 5.84 Å². The minimum absolute atomic E-state index is 0.0908. The topological polar surface area (TPSA) is 74.7 Å². The Morgan fingerprint density at radius 2 is 2.21 bits per heavy atom. The number of hydrogen-bond acceptors (Lipinski definition) is 4. The highest BCUT2D eigenvalue weighted by Crippen LogP contribution is 2.34. The van der Waals surface area contributed by atoms with Gasteiger partial charge in [-0.1, -0.05) is 25.9 Å². The van der Waals surface area contributed by atoms with Crippen LogP contribution in [0.25, 0.3) is 0 Å². The molecule has 0 aromatic carbocycles. The largest absolute Gasteiger partial charge is 0.409 e. The first-order chi connectivity index (χ1) is 8.91. The van der Waals surface area contributed by atoms with Crippen LogP contribution < -0.4 is 10.6 Å². The molecule has 1 aromatic heterocycles. The van der Waals surface area contributed by atoms with E-state index >= 15 is 0 Å². The van der Waals surface area contributed by atoms with E-state index in [0.717, 1.165) is 18.9 Å². The van der Waals surface area contributed by atoms with Gasteiger partial charge in [0.2, 0.25) is 0 Å². The third-order valence-electron chi connectivity index (χ3n) is 3.89. The highest BCUT2D eigenvalue weighted by Gasteiger charge is 2.32. The number of pyridine rings is 1. The van der Waals surface area contributed by atoms with Gasteiger partial charge in [0.05, 0.1) is 0 Å². The first-order valence-corrected chi connectivity index (χ1v) is 6.60. The molecule has 1 fully saturated rings. The summed E-state index contributed by atoms with van der Waals surface area (Å²) < 4.78 is 0.